The molecule has 4 heteroatoms. The minimum atomic E-state index is -0.150. The lowest BCUT2D eigenvalue weighted by Crippen LogP contribution is -2.09. The van der Waals surface area contributed by atoms with Gasteiger partial charge in [0.15, 0.2) is 4.96 Å². The third kappa shape index (κ3) is 1.27. The van der Waals surface area contributed by atoms with E-state index in [1.165, 1.54) is 0 Å². The molecule has 16 heavy (non-hydrogen) atoms. The standard InChI is InChI=1S/C12H10N2OS/c1-2-8-7-11(15)13-12-14(8)9-5-3-4-6-10(9)16-12/h3-7H,2H2,1H3. The quantitative estimate of drug-likeness (QED) is 0.643. The van der Waals surface area contributed by atoms with E-state index in [1.807, 2.05) is 19.1 Å². The molecule has 0 aliphatic carbocycles. The Hall–Kier alpha value is -1.68. The molecule has 3 nitrogen and oxygen atoms in total. The van der Waals surface area contributed by atoms with E-state index in [9.17, 15) is 4.79 Å². The Morgan fingerprint density at radius 3 is 3.00 bits per heavy atom. The second-order valence-corrected chi connectivity index (χ2v) is 4.64. The predicted molar refractivity (Wildman–Crippen MR) is 66.2 cm³/mol. The van der Waals surface area contributed by atoms with Gasteiger partial charge in [0, 0.05) is 11.8 Å². The first-order chi connectivity index (χ1) is 7.79. The lowest BCUT2D eigenvalue weighted by atomic mass is 10.3. The molecule has 1 aromatic carbocycles. The van der Waals surface area contributed by atoms with Crippen molar-refractivity contribution in [3.05, 3.63) is 46.4 Å². The molecule has 0 saturated heterocycles. The number of aromatic nitrogens is 2. The Morgan fingerprint density at radius 1 is 1.38 bits per heavy atom. The molecule has 0 N–H and O–H groups in total. The number of aryl methyl sites for hydroxylation is 1. The molecule has 0 spiro atoms. The van der Waals surface area contributed by atoms with Crippen LogP contribution in [0.15, 0.2) is 35.1 Å². The third-order valence-corrected chi connectivity index (χ3v) is 3.67. The summed E-state index contributed by atoms with van der Waals surface area (Å²) in [5.41, 5.74) is 2.00. The summed E-state index contributed by atoms with van der Waals surface area (Å²) < 4.78 is 3.23. The van der Waals surface area contributed by atoms with Crippen molar-refractivity contribution in [1.29, 1.82) is 0 Å². The van der Waals surface area contributed by atoms with Crippen molar-refractivity contribution < 1.29 is 0 Å². The van der Waals surface area contributed by atoms with E-state index in [2.05, 4.69) is 21.5 Å². The second-order valence-electron chi connectivity index (χ2n) is 3.63. The fourth-order valence-corrected chi connectivity index (χ4v) is 2.97. The van der Waals surface area contributed by atoms with Gasteiger partial charge in [-0.2, -0.15) is 4.98 Å². The van der Waals surface area contributed by atoms with E-state index >= 15 is 0 Å². The Bertz CT molecular complexity index is 727. The summed E-state index contributed by atoms with van der Waals surface area (Å²) in [5, 5.41) is 0. The molecule has 0 amide bonds. The summed E-state index contributed by atoms with van der Waals surface area (Å²) in [6.45, 7) is 2.05. The fraction of sp³-hybridized carbons (Fsp3) is 0.167. The zero-order chi connectivity index (χ0) is 11.1. The summed E-state index contributed by atoms with van der Waals surface area (Å²) in [5.74, 6) is 0. The number of para-hydroxylation sites is 1. The van der Waals surface area contributed by atoms with Crippen LogP contribution in [0.1, 0.15) is 12.6 Å². The fourth-order valence-electron chi connectivity index (χ4n) is 1.92. The van der Waals surface area contributed by atoms with Gasteiger partial charge in [0.25, 0.3) is 5.56 Å². The predicted octanol–water partition coefficient (Wildman–Crippen LogP) is 2.47. The van der Waals surface area contributed by atoms with Gasteiger partial charge in [-0.05, 0) is 18.6 Å². The van der Waals surface area contributed by atoms with Crippen LogP contribution >= 0.6 is 11.3 Å². The number of fused-ring (bicyclic) bond motifs is 3. The molecule has 3 aromatic rings. The molecule has 80 valence electrons. The van der Waals surface area contributed by atoms with Crippen LogP contribution in [0.5, 0.6) is 0 Å². The van der Waals surface area contributed by atoms with Crippen LogP contribution in [0.2, 0.25) is 0 Å². The van der Waals surface area contributed by atoms with Crippen molar-refractivity contribution in [1.82, 2.24) is 9.38 Å². The Morgan fingerprint density at radius 2 is 2.19 bits per heavy atom. The first-order valence-electron chi connectivity index (χ1n) is 5.20. The zero-order valence-corrected chi connectivity index (χ0v) is 9.62. The number of hydrogen-bond acceptors (Lipinski definition) is 3. The van der Waals surface area contributed by atoms with Crippen molar-refractivity contribution >= 4 is 26.5 Å². The average molecular weight is 230 g/mol. The minimum Gasteiger partial charge on any atom is -0.289 e. The maximum Gasteiger partial charge on any atom is 0.274 e. The Balaban J connectivity index is 2.60. The van der Waals surface area contributed by atoms with Crippen LogP contribution in [0.4, 0.5) is 0 Å². The van der Waals surface area contributed by atoms with Crippen molar-refractivity contribution in [2.75, 3.05) is 0 Å². The van der Waals surface area contributed by atoms with Gasteiger partial charge in [0.05, 0.1) is 10.2 Å². The van der Waals surface area contributed by atoms with Crippen LogP contribution in [-0.4, -0.2) is 9.38 Å². The van der Waals surface area contributed by atoms with Crippen LogP contribution in [0.25, 0.3) is 15.2 Å². The number of benzene rings is 1. The molecule has 0 aliphatic heterocycles. The molecule has 0 fully saturated rings. The highest BCUT2D eigenvalue weighted by Gasteiger charge is 2.08. The van der Waals surface area contributed by atoms with E-state index in [0.717, 1.165) is 27.3 Å². The monoisotopic (exact) mass is 230 g/mol. The summed E-state index contributed by atoms with van der Waals surface area (Å²) in [6, 6.07) is 9.74. The van der Waals surface area contributed by atoms with Crippen LogP contribution in [0, 0.1) is 0 Å². The highest BCUT2D eigenvalue weighted by Crippen LogP contribution is 2.25. The number of hydrogen-bond donors (Lipinski definition) is 0. The smallest absolute Gasteiger partial charge is 0.274 e. The van der Waals surface area contributed by atoms with Crippen molar-refractivity contribution in [2.45, 2.75) is 13.3 Å². The minimum absolute atomic E-state index is 0.150. The molecule has 3 rings (SSSR count). The molecule has 0 saturated carbocycles. The Labute approximate surface area is 96.0 Å². The molecular formula is C12H10N2OS. The highest BCUT2D eigenvalue weighted by atomic mass is 32.1. The first kappa shape index (κ1) is 9.54. The van der Waals surface area contributed by atoms with Gasteiger partial charge in [0.1, 0.15) is 0 Å². The maximum atomic E-state index is 11.4. The van der Waals surface area contributed by atoms with Crippen molar-refractivity contribution in [3.8, 4) is 0 Å². The molecule has 0 bridgehead atoms. The zero-order valence-electron chi connectivity index (χ0n) is 8.80. The lowest BCUT2D eigenvalue weighted by Gasteiger charge is -2.01. The van der Waals surface area contributed by atoms with E-state index < -0.39 is 0 Å². The number of nitrogens with zero attached hydrogens (tertiary/aromatic N) is 2. The van der Waals surface area contributed by atoms with E-state index in [4.69, 9.17) is 0 Å². The van der Waals surface area contributed by atoms with Crippen molar-refractivity contribution in [3.63, 3.8) is 0 Å². The topological polar surface area (TPSA) is 34.4 Å². The number of rotatable bonds is 1. The summed E-state index contributed by atoms with van der Waals surface area (Å²) in [4.78, 5) is 16.3. The molecule has 2 aromatic heterocycles. The van der Waals surface area contributed by atoms with Crippen LogP contribution < -0.4 is 5.56 Å². The third-order valence-electron chi connectivity index (χ3n) is 2.64. The first-order valence-corrected chi connectivity index (χ1v) is 6.01. The molecule has 0 atom stereocenters. The largest absolute Gasteiger partial charge is 0.289 e. The van der Waals surface area contributed by atoms with Crippen LogP contribution in [-0.2, 0) is 6.42 Å². The highest BCUT2D eigenvalue weighted by molar-refractivity contribution is 7.23. The van der Waals surface area contributed by atoms with Gasteiger partial charge in [0.2, 0.25) is 0 Å². The molecule has 2 heterocycles. The molecule has 0 unspecified atom stereocenters. The van der Waals surface area contributed by atoms with Gasteiger partial charge in [-0.1, -0.05) is 30.4 Å². The SMILES string of the molecule is CCc1cc(=O)nc2sc3ccccc3n12. The molecular weight excluding hydrogens is 220 g/mol. The lowest BCUT2D eigenvalue weighted by molar-refractivity contribution is 0.973. The maximum absolute atomic E-state index is 11.4. The van der Waals surface area contributed by atoms with Crippen molar-refractivity contribution in [2.24, 2.45) is 0 Å². The van der Waals surface area contributed by atoms with E-state index in [-0.39, 0.29) is 5.56 Å². The second kappa shape index (κ2) is 3.42. The number of thiazole rings is 1. The summed E-state index contributed by atoms with van der Waals surface area (Å²) in [6.07, 6.45) is 0.833. The summed E-state index contributed by atoms with van der Waals surface area (Å²) >= 11 is 1.56. The van der Waals surface area contributed by atoms with E-state index in [0.29, 0.717) is 0 Å². The molecule has 0 radical (unpaired) electrons. The normalized spacial score (nSPS) is 11.3. The molecule has 0 aliphatic rings. The summed E-state index contributed by atoms with van der Waals surface area (Å²) in [7, 11) is 0. The van der Waals surface area contributed by atoms with E-state index in [1.54, 1.807) is 17.4 Å². The van der Waals surface area contributed by atoms with Gasteiger partial charge in [-0.25, -0.2) is 0 Å². The average Bonchev–Trinajstić information content (AvgIpc) is 2.65. The van der Waals surface area contributed by atoms with Gasteiger partial charge < -0.3 is 0 Å². The van der Waals surface area contributed by atoms with Gasteiger partial charge in [-0.3, -0.25) is 9.20 Å². The van der Waals surface area contributed by atoms with Gasteiger partial charge in [-0.15, -0.1) is 0 Å². The Kier molecular flexibility index (Phi) is 2.04. The van der Waals surface area contributed by atoms with Gasteiger partial charge >= 0.3 is 0 Å². The van der Waals surface area contributed by atoms with Crippen LogP contribution in [0.3, 0.4) is 0 Å².